The minimum atomic E-state index is -3.67. The van der Waals surface area contributed by atoms with Crippen molar-refractivity contribution in [3.63, 3.8) is 0 Å². The Hall–Kier alpha value is -2.38. The van der Waals surface area contributed by atoms with Crippen molar-refractivity contribution in [2.24, 2.45) is 0 Å². The maximum absolute atomic E-state index is 12.8. The van der Waals surface area contributed by atoms with Crippen molar-refractivity contribution >= 4 is 25.8 Å². The normalized spacial score (nSPS) is 11.2. The highest BCUT2D eigenvalue weighted by molar-refractivity contribution is 9.10. The number of para-hydroxylation sites is 1. The molecule has 0 aliphatic rings. The maximum Gasteiger partial charge on any atom is 0.209 e. The summed E-state index contributed by atoms with van der Waals surface area (Å²) >= 11 is 3.23. The van der Waals surface area contributed by atoms with E-state index in [9.17, 15) is 8.42 Å². The van der Waals surface area contributed by atoms with Crippen LogP contribution in [0, 0.1) is 6.92 Å². The summed E-state index contributed by atoms with van der Waals surface area (Å²) in [5, 5.41) is 0. The first-order valence-corrected chi connectivity index (χ1v) is 10.4. The molecule has 3 rings (SSSR count). The van der Waals surface area contributed by atoms with E-state index in [4.69, 9.17) is 9.47 Å². The summed E-state index contributed by atoms with van der Waals surface area (Å²) in [7, 11) is -2.06. The number of rotatable bonds is 6. The highest BCUT2D eigenvalue weighted by Crippen LogP contribution is 2.28. The molecule has 140 valence electrons. The van der Waals surface area contributed by atoms with Crippen molar-refractivity contribution in [3.05, 3.63) is 76.5 Å². The summed E-state index contributed by atoms with van der Waals surface area (Å²) in [4.78, 5) is 4.48. The number of benzene rings is 2. The van der Waals surface area contributed by atoms with Crippen LogP contribution in [0.15, 0.2) is 75.1 Å². The Bertz CT molecular complexity index is 1050. The van der Waals surface area contributed by atoms with E-state index in [1.165, 1.54) is 12.1 Å². The summed E-state index contributed by atoms with van der Waals surface area (Å²) in [6.07, 6.45) is 0. The monoisotopic (exact) mass is 447 g/mol. The number of pyridine rings is 1. The lowest BCUT2D eigenvalue weighted by Gasteiger charge is -2.11. The standard InChI is InChI=1S/C20H18BrNO4S/c1-14-7-12-19(20(21)22-14)27(23,24)17-10-8-16(9-11-17)26-13-15-5-3-4-6-18(15)25-2/h3-12H,13H2,1-2H3. The number of halogens is 1. The van der Waals surface area contributed by atoms with E-state index in [1.807, 2.05) is 24.3 Å². The van der Waals surface area contributed by atoms with E-state index in [-0.39, 0.29) is 9.79 Å². The lowest BCUT2D eigenvalue weighted by Crippen LogP contribution is -2.05. The lowest BCUT2D eigenvalue weighted by atomic mass is 10.2. The molecule has 0 bridgehead atoms. The molecule has 0 aliphatic heterocycles. The molecule has 0 N–H and O–H groups in total. The average molecular weight is 448 g/mol. The zero-order chi connectivity index (χ0) is 19.4. The van der Waals surface area contributed by atoms with Gasteiger partial charge >= 0.3 is 0 Å². The Labute approximate surface area is 167 Å². The van der Waals surface area contributed by atoms with Crippen LogP contribution in [0.5, 0.6) is 11.5 Å². The summed E-state index contributed by atoms with van der Waals surface area (Å²) in [6, 6.07) is 17.1. The van der Waals surface area contributed by atoms with E-state index < -0.39 is 9.84 Å². The zero-order valence-corrected chi connectivity index (χ0v) is 17.2. The van der Waals surface area contributed by atoms with E-state index >= 15 is 0 Å². The highest BCUT2D eigenvalue weighted by Gasteiger charge is 2.21. The smallest absolute Gasteiger partial charge is 0.209 e. The second-order valence-corrected chi connectivity index (χ2v) is 8.49. The molecule has 0 saturated heterocycles. The third-order valence-electron chi connectivity index (χ3n) is 3.96. The van der Waals surface area contributed by atoms with E-state index in [0.29, 0.717) is 17.0 Å². The van der Waals surface area contributed by atoms with Gasteiger partial charge in [0.1, 0.15) is 27.6 Å². The Morgan fingerprint density at radius 1 is 1.00 bits per heavy atom. The van der Waals surface area contributed by atoms with Crippen LogP contribution >= 0.6 is 15.9 Å². The minimum absolute atomic E-state index is 0.135. The quantitative estimate of drug-likeness (QED) is 0.517. The first-order chi connectivity index (χ1) is 12.9. The third-order valence-corrected chi connectivity index (χ3v) is 6.63. The van der Waals surface area contributed by atoms with Gasteiger partial charge in [0.25, 0.3) is 0 Å². The van der Waals surface area contributed by atoms with E-state index in [2.05, 4.69) is 20.9 Å². The van der Waals surface area contributed by atoms with Gasteiger partial charge in [0.15, 0.2) is 0 Å². The molecule has 0 fully saturated rings. The molecular weight excluding hydrogens is 430 g/mol. The Morgan fingerprint density at radius 3 is 2.37 bits per heavy atom. The van der Waals surface area contributed by atoms with Crippen LogP contribution in [-0.4, -0.2) is 20.5 Å². The molecule has 1 aromatic heterocycles. The maximum atomic E-state index is 12.8. The van der Waals surface area contributed by atoms with Crippen LogP contribution in [0.3, 0.4) is 0 Å². The molecule has 2 aromatic carbocycles. The largest absolute Gasteiger partial charge is 0.496 e. The second kappa shape index (κ2) is 8.10. The number of aryl methyl sites for hydroxylation is 1. The molecule has 0 unspecified atom stereocenters. The van der Waals surface area contributed by atoms with Gasteiger partial charge in [0.05, 0.1) is 12.0 Å². The number of sulfone groups is 1. The minimum Gasteiger partial charge on any atom is -0.496 e. The van der Waals surface area contributed by atoms with Gasteiger partial charge in [0, 0.05) is 11.3 Å². The van der Waals surface area contributed by atoms with Crippen LogP contribution in [-0.2, 0) is 16.4 Å². The molecule has 0 aliphatic carbocycles. The third kappa shape index (κ3) is 4.31. The van der Waals surface area contributed by atoms with E-state index in [0.717, 1.165) is 17.0 Å². The fourth-order valence-electron chi connectivity index (χ4n) is 2.54. The fourth-order valence-corrected chi connectivity index (χ4v) is 4.85. The molecular formula is C20H18BrNO4S. The molecule has 0 atom stereocenters. The lowest BCUT2D eigenvalue weighted by molar-refractivity contribution is 0.296. The molecule has 27 heavy (non-hydrogen) atoms. The molecule has 0 amide bonds. The van der Waals surface area contributed by atoms with Gasteiger partial charge in [-0.05, 0) is 65.3 Å². The number of hydrogen-bond donors (Lipinski definition) is 0. The van der Waals surface area contributed by atoms with Crippen LogP contribution < -0.4 is 9.47 Å². The number of aromatic nitrogens is 1. The Kier molecular flexibility index (Phi) is 5.82. The highest BCUT2D eigenvalue weighted by atomic mass is 79.9. The first-order valence-electron chi connectivity index (χ1n) is 8.15. The predicted octanol–water partition coefficient (Wildman–Crippen LogP) is 4.57. The summed E-state index contributed by atoms with van der Waals surface area (Å²) < 4.78 is 37.0. The van der Waals surface area contributed by atoms with Crippen molar-refractivity contribution in [2.75, 3.05) is 7.11 Å². The van der Waals surface area contributed by atoms with E-state index in [1.54, 1.807) is 38.3 Å². The number of methoxy groups -OCH3 is 1. The SMILES string of the molecule is COc1ccccc1COc1ccc(S(=O)(=O)c2ccc(C)nc2Br)cc1. The predicted molar refractivity (Wildman–Crippen MR) is 106 cm³/mol. The summed E-state index contributed by atoms with van der Waals surface area (Å²) in [5.41, 5.74) is 1.65. The van der Waals surface area contributed by atoms with Crippen molar-refractivity contribution in [1.29, 1.82) is 0 Å². The van der Waals surface area contributed by atoms with Crippen LogP contribution in [0.4, 0.5) is 0 Å². The Balaban J connectivity index is 1.78. The van der Waals surface area contributed by atoms with Crippen molar-refractivity contribution in [2.45, 2.75) is 23.3 Å². The topological polar surface area (TPSA) is 65.5 Å². The number of ether oxygens (including phenoxy) is 2. The summed E-state index contributed by atoms with van der Waals surface area (Å²) in [5.74, 6) is 1.31. The van der Waals surface area contributed by atoms with Crippen LogP contribution in [0.25, 0.3) is 0 Å². The van der Waals surface area contributed by atoms with Gasteiger partial charge < -0.3 is 9.47 Å². The van der Waals surface area contributed by atoms with Gasteiger partial charge in [-0.2, -0.15) is 0 Å². The molecule has 7 heteroatoms. The van der Waals surface area contributed by atoms with Gasteiger partial charge in [-0.3, -0.25) is 0 Å². The van der Waals surface area contributed by atoms with Gasteiger partial charge in [-0.25, -0.2) is 13.4 Å². The van der Waals surface area contributed by atoms with Gasteiger partial charge in [-0.15, -0.1) is 0 Å². The van der Waals surface area contributed by atoms with Crippen molar-refractivity contribution in [1.82, 2.24) is 4.98 Å². The van der Waals surface area contributed by atoms with Crippen LogP contribution in [0.2, 0.25) is 0 Å². The molecule has 0 saturated carbocycles. The van der Waals surface area contributed by atoms with Crippen LogP contribution in [0.1, 0.15) is 11.3 Å². The first kappa shape index (κ1) is 19.4. The molecule has 1 heterocycles. The molecule has 5 nitrogen and oxygen atoms in total. The average Bonchev–Trinajstić information content (AvgIpc) is 2.66. The molecule has 3 aromatic rings. The van der Waals surface area contributed by atoms with Gasteiger partial charge in [0.2, 0.25) is 9.84 Å². The summed E-state index contributed by atoms with van der Waals surface area (Å²) in [6.45, 7) is 2.12. The Morgan fingerprint density at radius 2 is 1.70 bits per heavy atom. The number of hydrogen-bond acceptors (Lipinski definition) is 5. The fraction of sp³-hybridized carbons (Fsp3) is 0.150. The zero-order valence-electron chi connectivity index (χ0n) is 14.8. The molecule has 0 radical (unpaired) electrons. The number of nitrogens with zero attached hydrogens (tertiary/aromatic N) is 1. The molecule has 0 spiro atoms. The van der Waals surface area contributed by atoms with Gasteiger partial charge in [-0.1, -0.05) is 18.2 Å². The van der Waals surface area contributed by atoms with Crippen molar-refractivity contribution < 1.29 is 17.9 Å². The van der Waals surface area contributed by atoms with Crippen molar-refractivity contribution in [3.8, 4) is 11.5 Å². The second-order valence-electron chi connectivity index (χ2n) is 5.82.